The zero-order valence-electron chi connectivity index (χ0n) is 9.07. The van der Waals surface area contributed by atoms with Gasteiger partial charge in [0.25, 0.3) is 0 Å². The summed E-state index contributed by atoms with van der Waals surface area (Å²) in [5.74, 6) is 0.275. The van der Waals surface area contributed by atoms with E-state index >= 15 is 0 Å². The second-order valence-electron chi connectivity index (χ2n) is 3.42. The first kappa shape index (κ1) is 10.3. The molecule has 0 N–H and O–H groups in total. The number of tetrazole rings is 1. The van der Waals surface area contributed by atoms with Crippen LogP contribution in [-0.4, -0.2) is 35.8 Å². The summed E-state index contributed by atoms with van der Waals surface area (Å²) in [6.07, 6.45) is 1.68. The first-order valence-corrected chi connectivity index (χ1v) is 4.76. The zero-order chi connectivity index (χ0) is 11.4. The van der Waals surface area contributed by atoms with Gasteiger partial charge in [0.15, 0.2) is 0 Å². The van der Waals surface area contributed by atoms with Crippen molar-refractivity contribution in [1.82, 2.24) is 20.6 Å². The van der Waals surface area contributed by atoms with Gasteiger partial charge < -0.3 is 9.89 Å². The van der Waals surface area contributed by atoms with Crippen molar-refractivity contribution in [2.45, 2.75) is 0 Å². The lowest BCUT2D eigenvalue weighted by atomic mass is 10.2. The van der Waals surface area contributed by atoms with Gasteiger partial charge in [-0.3, -0.25) is 5.10 Å². The molecule has 0 aliphatic carbocycles. The van der Waals surface area contributed by atoms with E-state index in [1.165, 1.54) is 0 Å². The summed E-state index contributed by atoms with van der Waals surface area (Å²) >= 11 is 0. The molecule has 0 aliphatic rings. The van der Waals surface area contributed by atoms with E-state index in [9.17, 15) is 0 Å². The second-order valence-corrected chi connectivity index (χ2v) is 3.42. The molecule has 1 aromatic carbocycles. The number of rotatable bonds is 3. The number of hydrogen-bond donors (Lipinski definition) is 0. The third kappa shape index (κ3) is 2.41. The van der Waals surface area contributed by atoms with Crippen LogP contribution < -0.4 is 10.00 Å². The van der Waals surface area contributed by atoms with Crippen molar-refractivity contribution in [3.8, 4) is 0 Å². The molecule has 2 aromatic rings. The van der Waals surface area contributed by atoms with Gasteiger partial charge in [0.05, 0.1) is 0 Å². The molecule has 0 saturated carbocycles. The smallest absolute Gasteiger partial charge is 0.111 e. The van der Waals surface area contributed by atoms with Crippen LogP contribution in [-0.2, 0) is 0 Å². The molecule has 0 aliphatic heterocycles. The Morgan fingerprint density at radius 3 is 2.56 bits per heavy atom. The molecule has 0 unspecified atom stereocenters. The van der Waals surface area contributed by atoms with Crippen LogP contribution in [0, 0.1) is 0 Å². The number of hydrogen-bond acceptors (Lipinski definition) is 5. The van der Waals surface area contributed by atoms with Crippen molar-refractivity contribution in [3.05, 3.63) is 29.8 Å². The highest BCUT2D eigenvalue weighted by atomic mass is 15.5. The molecule has 0 amide bonds. The minimum absolute atomic E-state index is 0.275. The summed E-state index contributed by atoms with van der Waals surface area (Å²) in [5.41, 5.74) is 2.13. The standard InChI is InChI=1S/C10H11N6/c1-16(2)9-5-3-8(4-6-9)7-11-10-12-14-15-13-10/h3-7H,1-2H3/q-1. The van der Waals surface area contributed by atoms with Gasteiger partial charge in [-0.25, -0.2) is 5.10 Å². The van der Waals surface area contributed by atoms with Crippen molar-refractivity contribution in [1.29, 1.82) is 0 Å². The molecule has 0 atom stereocenters. The molecule has 1 aromatic heterocycles. The van der Waals surface area contributed by atoms with Gasteiger partial charge in [-0.15, -0.1) is 5.21 Å². The summed E-state index contributed by atoms with van der Waals surface area (Å²) < 4.78 is 0. The Kier molecular flexibility index (Phi) is 2.90. The SMILES string of the molecule is CN(C)c1ccc(C=Nc2nnn[n-]2)cc1. The average Bonchev–Trinajstić information content (AvgIpc) is 2.80. The Balaban J connectivity index is 2.11. The summed E-state index contributed by atoms with van der Waals surface area (Å²) in [4.78, 5) is 6.06. The van der Waals surface area contributed by atoms with Crippen LogP contribution in [0.2, 0.25) is 0 Å². The van der Waals surface area contributed by atoms with E-state index < -0.39 is 0 Å². The molecule has 0 bridgehead atoms. The largest absolute Gasteiger partial charge is 0.378 e. The van der Waals surface area contributed by atoms with E-state index in [2.05, 4.69) is 25.6 Å². The Hall–Kier alpha value is -2.24. The van der Waals surface area contributed by atoms with E-state index in [0.717, 1.165) is 11.3 Å². The average molecular weight is 215 g/mol. The van der Waals surface area contributed by atoms with Crippen LogP contribution in [0.25, 0.3) is 0 Å². The Morgan fingerprint density at radius 2 is 2.00 bits per heavy atom. The molecular formula is C10H11N6-. The first-order valence-electron chi connectivity index (χ1n) is 4.76. The van der Waals surface area contributed by atoms with Crippen molar-refractivity contribution >= 4 is 17.9 Å². The van der Waals surface area contributed by atoms with E-state index in [1.807, 2.05) is 43.3 Å². The van der Waals surface area contributed by atoms with E-state index in [0.29, 0.717) is 0 Å². The molecule has 0 radical (unpaired) electrons. The molecule has 6 heteroatoms. The van der Waals surface area contributed by atoms with Gasteiger partial charge in [0, 0.05) is 19.8 Å². The van der Waals surface area contributed by atoms with Gasteiger partial charge in [0.1, 0.15) is 5.95 Å². The summed E-state index contributed by atoms with van der Waals surface area (Å²) in [6, 6.07) is 7.98. The summed E-state index contributed by atoms with van der Waals surface area (Å²) in [5, 5.41) is 13.9. The van der Waals surface area contributed by atoms with Crippen molar-refractivity contribution in [2.24, 2.45) is 4.99 Å². The number of benzene rings is 1. The van der Waals surface area contributed by atoms with Crippen LogP contribution in [0.3, 0.4) is 0 Å². The second kappa shape index (κ2) is 4.52. The minimum Gasteiger partial charge on any atom is -0.378 e. The highest BCUT2D eigenvalue weighted by Gasteiger charge is 1.93. The van der Waals surface area contributed by atoms with E-state index in [4.69, 9.17) is 0 Å². The van der Waals surface area contributed by atoms with Crippen LogP contribution in [0.1, 0.15) is 5.56 Å². The Bertz CT molecular complexity index is 457. The van der Waals surface area contributed by atoms with Gasteiger partial charge in [0.2, 0.25) is 0 Å². The Labute approximate surface area is 93.0 Å². The number of anilines is 1. The Morgan fingerprint density at radius 1 is 1.25 bits per heavy atom. The van der Waals surface area contributed by atoms with Gasteiger partial charge >= 0.3 is 0 Å². The van der Waals surface area contributed by atoms with Crippen LogP contribution >= 0.6 is 0 Å². The lowest BCUT2D eigenvalue weighted by Gasteiger charge is -2.11. The summed E-state index contributed by atoms with van der Waals surface area (Å²) in [6.45, 7) is 0. The fraction of sp³-hybridized carbons (Fsp3) is 0.200. The topological polar surface area (TPSA) is 68.4 Å². The van der Waals surface area contributed by atoms with Crippen molar-refractivity contribution in [3.63, 3.8) is 0 Å². The lowest BCUT2D eigenvalue weighted by Crippen LogP contribution is -2.08. The van der Waals surface area contributed by atoms with Crippen LogP contribution in [0.5, 0.6) is 0 Å². The lowest BCUT2D eigenvalue weighted by molar-refractivity contribution is 0.871. The maximum Gasteiger partial charge on any atom is 0.111 e. The van der Waals surface area contributed by atoms with Crippen LogP contribution in [0.4, 0.5) is 11.6 Å². The molecule has 6 nitrogen and oxygen atoms in total. The van der Waals surface area contributed by atoms with Gasteiger partial charge in [-0.05, 0) is 23.9 Å². The summed E-state index contributed by atoms with van der Waals surface area (Å²) in [7, 11) is 4.00. The molecule has 0 saturated heterocycles. The molecular weight excluding hydrogens is 204 g/mol. The number of aliphatic imine (C=N–C) groups is 1. The molecule has 82 valence electrons. The third-order valence-electron chi connectivity index (χ3n) is 2.05. The quantitative estimate of drug-likeness (QED) is 0.703. The van der Waals surface area contributed by atoms with Crippen molar-refractivity contribution < 1.29 is 0 Å². The number of aromatic nitrogens is 4. The minimum atomic E-state index is 0.275. The van der Waals surface area contributed by atoms with E-state index in [1.54, 1.807) is 6.21 Å². The highest BCUT2D eigenvalue weighted by Crippen LogP contribution is 2.11. The van der Waals surface area contributed by atoms with Gasteiger partial charge in [-0.1, -0.05) is 12.1 Å². The molecule has 1 heterocycles. The molecule has 2 rings (SSSR count). The third-order valence-corrected chi connectivity index (χ3v) is 2.05. The number of nitrogens with zero attached hydrogens (tertiary/aromatic N) is 6. The predicted molar refractivity (Wildman–Crippen MR) is 61.2 cm³/mol. The maximum atomic E-state index is 4.03. The fourth-order valence-corrected chi connectivity index (χ4v) is 1.18. The highest BCUT2D eigenvalue weighted by molar-refractivity contribution is 5.81. The zero-order valence-corrected chi connectivity index (χ0v) is 9.07. The van der Waals surface area contributed by atoms with Crippen molar-refractivity contribution in [2.75, 3.05) is 19.0 Å². The molecule has 0 fully saturated rings. The monoisotopic (exact) mass is 215 g/mol. The fourth-order valence-electron chi connectivity index (χ4n) is 1.18. The van der Waals surface area contributed by atoms with Crippen LogP contribution in [0.15, 0.2) is 29.3 Å². The molecule has 16 heavy (non-hydrogen) atoms. The van der Waals surface area contributed by atoms with E-state index in [-0.39, 0.29) is 5.95 Å². The first-order chi connectivity index (χ1) is 7.75. The molecule has 0 spiro atoms. The maximum absolute atomic E-state index is 4.03. The predicted octanol–water partition coefficient (Wildman–Crippen LogP) is 0.645. The normalized spacial score (nSPS) is 10.9. The van der Waals surface area contributed by atoms with Gasteiger partial charge in [-0.2, -0.15) is 5.21 Å².